The third-order valence-corrected chi connectivity index (χ3v) is 2.56. The number of hydrogen-bond acceptors (Lipinski definition) is 2. The van der Waals surface area contributed by atoms with Gasteiger partial charge in [0.2, 0.25) is 0 Å². The van der Waals surface area contributed by atoms with Crippen molar-refractivity contribution in [2.24, 2.45) is 0 Å². The van der Waals surface area contributed by atoms with Gasteiger partial charge in [-0.1, -0.05) is 17.7 Å². The molecule has 0 aliphatic rings. The molecule has 0 aliphatic heterocycles. The van der Waals surface area contributed by atoms with Gasteiger partial charge in [0, 0.05) is 24.0 Å². The number of rotatable bonds is 3. The maximum absolute atomic E-state index is 10.7. The van der Waals surface area contributed by atoms with E-state index >= 15 is 0 Å². The fourth-order valence-corrected chi connectivity index (χ4v) is 1.63. The quantitative estimate of drug-likeness (QED) is 0.935. The van der Waals surface area contributed by atoms with E-state index in [4.69, 9.17) is 16.7 Å². The lowest BCUT2D eigenvalue weighted by atomic mass is 10.1. The molecule has 1 aromatic heterocycles. The Hall–Kier alpha value is -1.52. The predicted molar refractivity (Wildman–Crippen MR) is 67.0 cm³/mol. The lowest BCUT2D eigenvalue weighted by Crippen LogP contribution is -2.00. The Morgan fingerprint density at radius 3 is 2.76 bits per heavy atom. The van der Waals surface area contributed by atoms with Crippen LogP contribution in [0.3, 0.4) is 0 Å². The molecule has 0 unspecified atom stereocenters. The van der Waals surface area contributed by atoms with Crippen LogP contribution in [0.5, 0.6) is 0 Å². The average Bonchev–Trinajstić information content (AvgIpc) is 2.73. The number of hydrogen-bond donors (Lipinski definition) is 1. The van der Waals surface area contributed by atoms with Crippen LogP contribution in [0, 0.1) is 0 Å². The zero-order valence-electron chi connectivity index (χ0n) is 8.71. The maximum atomic E-state index is 10.7. The van der Waals surface area contributed by atoms with Gasteiger partial charge in [0.05, 0.1) is 11.9 Å². The monoisotopic (exact) mass is 272 g/mol. The zero-order chi connectivity index (χ0) is 11.5. The molecule has 0 radical (unpaired) electrons. The first kappa shape index (κ1) is 13.5. The lowest BCUT2D eigenvalue weighted by molar-refractivity contribution is 0.0697. The highest BCUT2D eigenvalue weighted by Gasteiger charge is 2.07. The molecule has 0 saturated heterocycles. The summed E-state index contributed by atoms with van der Waals surface area (Å²) in [5.74, 6) is -0.976. The topological polar surface area (TPSA) is 55.1 Å². The normalized spacial score (nSPS) is 9.71. The highest BCUT2D eigenvalue weighted by molar-refractivity contribution is 6.31. The summed E-state index contributed by atoms with van der Waals surface area (Å²) in [6.07, 6.45) is 5.18. The van der Waals surface area contributed by atoms with E-state index in [0.29, 0.717) is 11.6 Å². The summed E-state index contributed by atoms with van der Waals surface area (Å²) in [6, 6.07) is 4.71. The summed E-state index contributed by atoms with van der Waals surface area (Å²) in [5, 5.41) is 9.24. The second kappa shape index (κ2) is 5.70. The smallest absolute Gasteiger partial charge is 0.335 e. The molecule has 0 bridgehead atoms. The number of carbonyl (C=O) groups is 1. The van der Waals surface area contributed by atoms with Crippen LogP contribution in [0.1, 0.15) is 15.9 Å². The van der Waals surface area contributed by atoms with Gasteiger partial charge in [-0.05, 0) is 17.7 Å². The standard InChI is InChI=1S/C11H9ClN2O2.ClH/c12-10-5-8(11(15)16)1-2-9(10)6-14-4-3-13-7-14;/h1-5,7H,6H2,(H,15,16);1H. The summed E-state index contributed by atoms with van der Waals surface area (Å²) in [7, 11) is 0. The summed E-state index contributed by atoms with van der Waals surface area (Å²) < 4.78 is 1.86. The average molecular weight is 273 g/mol. The van der Waals surface area contributed by atoms with Crippen molar-refractivity contribution in [3.05, 3.63) is 53.1 Å². The van der Waals surface area contributed by atoms with Gasteiger partial charge in [0.1, 0.15) is 0 Å². The lowest BCUT2D eigenvalue weighted by Gasteiger charge is -2.05. The molecular weight excluding hydrogens is 263 g/mol. The molecule has 17 heavy (non-hydrogen) atoms. The predicted octanol–water partition coefficient (Wildman–Crippen LogP) is 2.70. The summed E-state index contributed by atoms with van der Waals surface area (Å²) in [4.78, 5) is 14.6. The van der Waals surface area contributed by atoms with Gasteiger partial charge in [-0.2, -0.15) is 0 Å². The highest BCUT2D eigenvalue weighted by Crippen LogP contribution is 2.19. The van der Waals surface area contributed by atoms with Gasteiger partial charge >= 0.3 is 5.97 Å². The van der Waals surface area contributed by atoms with Crippen LogP contribution in [0.2, 0.25) is 5.02 Å². The molecule has 0 atom stereocenters. The van der Waals surface area contributed by atoms with Crippen molar-refractivity contribution < 1.29 is 9.90 Å². The number of carboxylic acid groups (broad SMARTS) is 1. The van der Waals surface area contributed by atoms with E-state index in [1.165, 1.54) is 6.07 Å². The van der Waals surface area contributed by atoms with Gasteiger partial charge in [0.25, 0.3) is 0 Å². The van der Waals surface area contributed by atoms with E-state index in [2.05, 4.69) is 4.98 Å². The molecule has 0 saturated carbocycles. The molecule has 1 heterocycles. The first-order chi connectivity index (χ1) is 7.66. The SMILES string of the molecule is Cl.O=C(O)c1ccc(Cn2ccnc2)c(Cl)c1. The number of imidazole rings is 1. The summed E-state index contributed by atoms with van der Waals surface area (Å²) >= 11 is 5.99. The number of nitrogens with zero attached hydrogens (tertiary/aromatic N) is 2. The minimum atomic E-state index is -0.976. The van der Waals surface area contributed by atoms with Gasteiger partial charge < -0.3 is 9.67 Å². The third kappa shape index (κ3) is 3.22. The molecule has 1 aromatic carbocycles. The number of halogens is 2. The van der Waals surface area contributed by atoms with E-state index < -0.39 is 5.97 Å². The van der Waals surface area contributed by atoms with E-state index in [1.54, 1.807) is 24.7 Å². The summed E-state index contributed by atoms with van der Waals surface area (Å²) in [5.41, 5.74) is 1.06. The van der Waals surface area contributed by atoms with E-state index in [0.717, 1.165) is 5.56 Å². The van der Waals surface area contributed by atoms with Crippen molar-refractivity contribution in [3.63, 3.8) is 0 Å². The Labute approximate surface area is 109 Å². The molecule has 1 N–H and O–H groups in total. The largest absolute Gasteiger partial charge is 0.478 e. The van der Waals surface area contributed by atoms with Crippen LogP contribution in [-0.2, 0) is 6.54 Å². The van der Waals surface area contributed by atoms with Gasteiger partial charge in [-0.25, -0.2) is 9.78 Å². The Kier molecular flexibility index (Phi) is 4.54. The molecule has 90 valence electrons. The van der Waals surface area contributed by atoms with Crippen molar-refractivity contribution in [2.75, 3.05) is 0 Å². The molecule has 2 rings (SSSR count). The Bertz CT molecular complexity index is 512. The molecule has 0 amide bonds. The highest BCUT2D eigenvalue weighted by atomic mass is 35.5. The van der Waals surface area contributed by atoms with Crippen LogP contribution < -0.4 is 0 Å². The van der Waals surface area contributed by atoms with Crippen molar-refractivity contribution in [1.82, 2.24) is 9.55 Å². The number of aromatic carboxylic acids is 1. The second-order valence-corrected chi connectivity index (χ2v) is 3.75. The molecule has 0 aliphatic carbocycles. The van der Waals surface area contributed by atoms with Gasteiger partial charge in [0.15, 0.2) is 0 Å². The van der Waals surface area contributed by atoms with Crippen LogP contribution in [0.4, 0.5) is 0 Å². The van der Waals surface area contributed by atoms with Crippen LogP contribution >= 0.6 is 24.0 Å². The van der Waals surface area contributed by atoms with E-state index in [-0.39, 0.29) is 18.0 Å². The molecule has 4 nitrogen and oxygen atoms in total. The van der Waals surface area contributed by atoms with Gasteiger partial charge in [-0.3, -0.25) is 0 Å². The molecule has 6 heteroatoms. The second-order valence-electron chi connectivity index (χ2n) is 3.35. The van der Waals surface area contributed by atoms with Crippen molar-refractivity contribution >= 4 is 30.0 Å². The molecular formula is C11H10Cl2N2O2. The first-order valence-corrected chi connectivity index (χ1v) is 5.02. The Balaban J connectivity index is 0.00000144. The third-order valence-electron chi connectivity index (χ3n) is 2.21. The van der Waals surface area contributed by atoms with Crippen molar-refractivity contribution in [3.8, 4) is 0 Å². The minimum Gasteiger partial charge on any atom is -0.478 e. The van der Waals surface area contributed by atoms with Crippen molar-refractivity contribution in [2.45, 2.75) is 6.54 Å². The Morgan fingerprint density at radius 1 is 1.47 bits per heavy atom. The van der Waals surface area contributed by atoms with Crippen LogP contribution in [0.15, 0.2) is 36.9 Å². The van der Waals surface area contributed by atoms with E-state index in [9.17, 15) is 4.79 Å². The maximum Gasteiger partial charge on any atom is 0.335 e. The van der Waals surface area contributed by atoms with E-state index in [1.807, 2.05) is 10.8 Å². The number of aromatic nitrogens is 2. The number of benzene rings is 1. The Morgan fingerprint density at radius 2 is 2.24 bits per heavy atom. The molecule has 0 fully saturated rings. The molecule has 0 spiro atoms. The minimum absolute atomic E-state index is 0. The van der Waals surface area contributed by atoms with Gasteiger partial charge in [-0.15, -0.1) is 12.4 Å². The molecule has 2 aromatic rings. The fraction of sp³-hybridized carbons (Fsp3) is 0.0909. The summed E-state index contributed by atoms with van der Waals surface area (Å²) in [6.45, 7) is 0.582. The van der Waals surface area contributed by atoms with Crippen molar-refractivity contribution in [1.29, 1.82) is 0 Å². The van der Waals surface area contributed by atoms with Crippen LogP contribution in [0.25, 0.3) is 0 Å². The zero-order valence-corrected chi connectivity index (χ0v) is 10.3. The van der Waals surface area contributed by atoms with Crippen LogP contribution in [-0.4, -0.2) is 20.6 Å². The number of carboxylic acids is 1. The fourth-order valence-electron chi connectivity index (χ4n) is 1.39. The first-order valence-electron chi connectivity index (χ1n) is 4.64.